The molecule has 0 fully saturated rings. The number of aliphatic hydroxyl groups is 1. The Bertz CT molecular complexity index is 694. The molecule has 0 saturated carbocycles. The van der Waals surface area contributed by atoms with Crippen molar-refractivity contribution in [3.8, 4) is 11.6 Å². The van der Waals surface area contributed by atoms with Crippen LogP contribution in [0.25, 0.3) is 0 Å². The number of hydrogen-bond acceptors (Lipinski definition) is 6. The fourth-order valence-electron chi connectivity index (χ4n) is 1.94. The number of nitrogens with one attached hydrogen (secondary N) is 1. The average Bonchev–Trinajstić information content (AvgIpc) is 2.59. The quantitative estimate of drug-likeness (QED) is 0.645. The Morgan fingerprint density at radius 3 is 2.38 bits per heavy atom. The van der Waals surface area contributed by atoms with Gasteiger partial charge in [0.05, 0.1) is 10.0 Å². The average molecular weight is 421 g/mol. The molecule has 142 valence electrons. The van der Waals surface area contributed by atoms with Gasteiger partial charge in [-0.05, 0) is 32.0 Å². The Labute approximate surface area is 167 Å². The molecule has 0 saturated heterocycles. The van der Waals surface area contributed by atoms with Crippen LogP contribution in [0, 0.1) is 0 Å². The Morgan fingerprint density at radius 1 is 1.08 bits per heavy atom. The monoisotopic (exact) mass is 419 g/mol. The van der Waals surface area contributed by atoms with E-state index in [1.165, 1.54) is 0 Å². The van der Waals surface area contributed by atoms with E-state index in [9.17, 15) is 5.11 Å². The van der Waals surface area contributed by atoms with Crippen molar-refractivity contribution in [2.45, 2.75) is 25.5 Å². The molecule has 0 aliphatic heterocycles. The van der Waals surface area contributed by atoms with Gasteiger partial charge in [-0.3, -0.25) is 0 Å². The molecule has 0 amide bonds. The summed E-state index contributed by atoms with van der Waals surface area (Å²) in [5.41, 5.74) is -0.412. The van der Waals surface area contributed by atoms with Gasteiger partial charge in [-0.25, -0.2) is 0 Å². The Balaban J connectivity index is 1.76. The molecule has 0 aliphatic rings. The largest absolute Gasteiger partial charge is 0.488 e. The molecule has 2 rings (SSSR count). The van der Waals surface area contributed by atoms with E-state index in [0.29, 0.717) is 40.0 Å². The summed E-state index contributed by atoms with van der Waals surface area (Å²) in [5.74, 6) is 0.736. The minimum atomic E-state index is -0.753. The van der Waals surface area contributed by atoms with E-state index in [2.05, 4.69) is 15.5 Å². The molecule has 0 bridgehead atoms. The van der Waals surface area contributed by atoms with Gasteiger partial charge >= 0.3 is 0 Å². The molecular formula is C17H20Cl3N3O3. The molecule has 1 aromatic carbocycles. The number of aromatic nitrogens is 2. The number of β-amino-alcohol motifs (C(OH)–C–C–N with tert-alkyl or cyclic N) is 1. The van der Waals surface area contributed by atoms with Gasteiger partial charge in [0, 0.05) is 18.2 Å². The third-order valence-corrected chi connectivity index (χ3v) is 4.14. The third kappa shape index (κ3) is 6.78. The van der Waals surface area contributed by atoms with Crippen molar-refractivity contribution in [3.63, 3.8) is 0 Å². The molecular weight excluding hydrogens is 401 g/mol. The van der Waals surface area contributed by atoms with Crippen molar-refractivity contribution in [2.75, 3.05) is 19.8 Å². The van der Waals surface area contributed by atoms with Gasteiger partial charge < -0.3 is 19.9 Å². The van der Waals surface area contributed by atoms with Crippen LogP contribution in [-0.2, 0) is 0 Å². The number of nitrogens with zero attached hydrogens (tertiary/aromatic N) is 2. The van der Waals surface area contributed by atoms with Crippen LogP contribution >= 0.6 is 34.8 Å². The lowest BCUT2D eigenvalue weighted by Gasteiger charge is -2.27. The summed E-state index contributed by atoms with van der Waals surface area (Å²) in [5, 5.41) is 22.0. The zero-order chi connectivity index (χ0) is 19.2. The Morgan fingerprint density at radius 2 is 1.77 bits per heavy atom. The molecule has 0 aliphatic carbocycles. The SMILES string of the molecule is CC(C)(COc1ccc(Cl)nn1)NCC(O)COc1c(Cl)cccc1Cl. The van der Waals surface area contributed by atoms with E-state index < -0.39 is 11.6 Å². The van der Waals surface area contributed by atoms with Crippen molar-refractivity contribution in [3.05, 3.63) is 45.5 Å². The van der Waals surface area contributed by atoms with E-state index in [1.54, 1.807) is 30.3 Å². The van der Waals surface area contributed by atoms with E-state index in [1.807, 2.05) is 13.8 Å². The normalized spacial score (nSPS) is 12.7. The second-order valence-electron chi connectivity index (χ2n) is 6.26. The summed E-state index contributed by atoms with van der Waals surface area (Å²) in [4.78, 5) is 0. The topological polar surface area (TPSA) is 76.5 Å². The highest BCUT2D eigenvalue weighted by Crippen LogP contribution is 2.32. The number of para-hydroxylation sites is 1. The smallest absolute Gasteiger partial charge is 0.233 e. The summed E-state index contributed by atoms with van der Waals surface area (Å²) >= 11 is 17.7. The third-order valence-electron chi connectivity index (χ3n) is 3.34. The van der Waals surface area contributed by atoms with Crippen molar-refractivity contribution in [2.24, 2.45) is 0 Å². The van der Waals surface area contributed by atoms with Crippen molar-refractivity contribution >= 4 is 34.8 Å². The van der Waals surface area contributed by atoms with Gasteiger partial charge in [0.1, 0.15) is 19.3 Å². The Hall–Kier alpha value is -1.31. The lowest BCUT2D eigenvalue weighted by molar-refractivity contribution is 0.0923. The van der Waals surface area contributed by atoms with E-state index in [4.69, 9.17) is 44.3 Å². The van der Waals surface area contributed by atoms with Crippen LogP contribution in [0.3, 0.4) is 0 Å². The summed E-state index contributed by atoms with van der Waals surface area (Å²) < 4.78 is 11.1. The maximum Gasteiger partial charge on any atom is 0.233 e. The van der Waals surface area contributed by atoms with Crippen LogP contribution in [0.15, 0.2) is 30.3 Å². The maximum atomic E-state index is 10.1. The van der Waals surface area contributed by atoms with Crippen LogP contribution in [0.2, 0.25) is 15.2 Å². The summed E-state index contributed by atoms with van der Waals surface area (Å²) in [6.07, 6.45) is -0.753. The van der Waals surface area contributed by atoms with Gasteiger partial charge in [-0.2, -0.15) is 0 Å². The number of aliphatic hydroxyl groups excluding tert-OH is 1. The second kappa shape index (κ2) is 9.58. The second-order valence-corrected chi connectivity index (χ2v) is 7.47. The predicted molar refractivity (Wildman–Crippen MR) is 103 cm³/mol. The van der Waals surface area contributed by atoms with Gasteiger partial charge in [-0.1, -0.05) is 40.9 Å². The van der Waals surface area contributed by atoms with E-state index in [-0.39, 0.29) is 6.61 Å². The number of rotatable bonds is 9. The zero-order valence-electron chi connectivity index (χ0n) is 14.4. The molecule has 6 nitrogen and oxygen atoms in total. The summed E-state index contributed by atoms with van der Waals surface area (Å²) in [7, 11) is 0. The fraction of sp³-hybridized carbons (Fsp3) is 0.412. The lowest BCUT2D eigenvalue weighted by Crippen LogP contribution is -2.48. The molecule has 2 aromatic rings. The van der Waals surface area contributed by atoms with Gasteiger partial charge in [-0.15, -0.1) is 10.2 Å². The fourth-order valence-corrected chi connectivity index (χ4v) is 2.55. The molecule has 0 spiro atoms. The van der Waals surface area contributed by atoms with Crippen LogP contribution in [0.5, 0.6) is 11.6 Å². The number of ether oxygens (including phenoxy) is 2. The lowest BCUT2D eigenvalue weighted by atomic mass is 10.1. The molecule has 1 heterocycles. The summed E-state index contributed by atoms with van der Waals surface area (Å²) in [6, 6.07) is 8.32. The minimum Gasteiger partial charge on any atom is -0.488 e. The number of benzene rings is 1. The number of halogens is 3. The molecule has 0 radical (unpaired) electrons. The molecule has 26 heavy (non-hydrogen) atoms. The van der Waals surface area contributed by atoms with Crippen LogP contribution < -0.4 is 14.8 Å². The number of hydrogen-bond donors (Lipinski definition) is 2. The first kappa shape index (κ1) is 21.0. The predicted octanol–water partition coefficient (Wildman–Crippen LogP) is 3.62. The van der Waals surface area contributed by atoms with Gasteiger partial charge in [0.25, 0.3) is 0 Å². The van der Waals surface area contributed by atoms with Gasteiger partial charge in [0.15, 0.2) is 10.9 Å². The highest BCUT2D eigenvalue weighted by atomic mass is 35.5. The Kier molecular flexibility index (Phi) is 7.73. The highest BCUT2D eigenvalue weighted by molar-refractivity contribution is 6.37. The zero-order valence-corrected chi connectivity index (χ0v) is 16.6. The molecule has 1 atom stereocenters. The van der Waals surface area contributed by atoms with Crippen LogP contribution in [-0.4, -0.2) is 46.7 Å². The standard InChI is InChI=1S/C17H20Cl3N3O3/c1-17(2,10-26-15-7-6-14(20)22-23-15)21-8-11(24)9-25-16-12(18)4-3-5-13(16)19/h3-7,11,21,24H,8-10H2,1-2H3. The van der Waals surface area contributed by atoms with Crippen LogP contribution in [0.4, 0.5) is 0 Å². The first-order valence-corrected chi connectivity index (χ1v) is 9.02. The van der Waals surface area contributed by atoms with Crippen molar-refractivity contribution < 1.29 is 14.6 Å². The van der Waals surface area contributed by atoms with Crippen molar-refractivity contribution in [1.82, 2.24) is 15.5 Å². The molecule has 1 aromatic heterocycles. The maximum absolute atomic E-state index is 10.1. The first-order chi connectivity index (χ1) is 12.3. The van der Waals surface area contributed by atoms with E-state index >= 15 is 0 Å². The molecule has 2 N–H and O–H groups in total. The first-order valence-electron chi connectivity index (χ1n) is 7.89. The minimum absolute atomic E-state index is 0.0516. The molecule has 9 heteroatoms. The van der Waals surface area contributed by atoms with Gasteiger partial charge in [0.2, 0.25) is 5.88 Å². The molecule has 1 unspecified atom stereocenters. The highest BCUT2D eigenvalue weighted by Gasteiger charge is 2.20. The van der Waals surface area contributed by atoms with E-state index in [0.717, 1.165) is 0 Å². The van der Waals surface area contributed by atoms with Crippen LogP contribution in [0.1, 0.15) is 13.8 Å². The summed E-state index contributed by atoms with van der Waals surface area (Å²) in [6.45, 7) is 4.55. The van der Waals surface area contributed by atoms with Crippen molar-refractivity contribution in [1.29, 1.82) is 0 Å².